The molecule has 3 N–H and O–H groups in total. The number of aliphatic hydroxyl groups excluding tert-OH is 1. The molecule has 1 saturated carbocycles. The first-order valence-corrected chi connectivity index (χ1v) is 7.48. The van der Waals surface area contributed by atoms with Crippen molar-refractivity contribution in [1.29, 1.82) is 0 Å². The molecule has 1 aliphatic heterocycles. The normalized spacial score (nSPS) is 22.5. The summed E-state index contributed by atoms with van der Waals surface area (Å²) >= 11 is 0. The highest BCUT2D eigenvalue weighted by Crippen LogP contribution is 2.22. The highest BCUT2D eigenvalue weighted by atomic mass is 16.3. The zero-order valence-electron chi connectivity index (χ0n) is 12.1. The summed E-state index contributed by atoms with van der Waals surface area (Å²) in [6.45, 7) is 6.30. The largest absolute Gasteiger partial charge is 0.393 e. The summed E-state index contributed by atoms with van der Waals surface area (Å²) in [5, 5.41) is 9.17. The minimum absolute atomic E-state index is 0.0203. The summed E-state index contributed by atoms with van der Waals surface area (Å²) in [6.07, 6.45) is 7.26. The molecule has 0 spiro atoms. The molecule has 1 saturated heterocycles. The summed E-state index contributed by atoms with van der Waals surface area (Å²) in [5.74, 6) is 0. The van der Waals surface area contributed by atoms with Crippen LogP contribution in [0.1, 0.15) is 45.4 Å². The topological polar surface area (TPSA) is 52.7 Å². The molecule has 0 amide bonds. The molecule has 0 aromatic heterocycles. The number of hydrogen-bond acceptors (Lipinski definition) is 4. The highest BCUT2D eigenvalue weighted by molar-refractivity contribution is 4.76. The Morgan fingerprint density at radius 3 is 2.17 bits per heavy atom. The Morgan fingerprint density at radius 2 is 1.83 bits per heavy atom. The third kappa shape index (κ3) is 5.65. The molecule has 0 aromatic rings. The molecule has 1 aliphatic carbocycles. The number of nitrogens with zero attached hydrogens (tertiary/aromatic N) is 2. The molecular formula is C14H31N3O. The van der Waals surface area contributed by atoms with E-state index in [2.05, 4.69) is 23.8 Å². The fraction of sp³-hybridized carbons (Fsp3) is 1.00. The van der Waals surface area contributed by atoms with Gasteiger partial charge in [0.05, 0.1) is 6.10 Å². The number of piperidine rings is 1. The SMILES string of the molecule is CCCN1CCC(O)CC1.CN(CN)C1CCC1. The molecule has 0 aromatic carbocycles. The molecule has 0 radical (unpaired) electrons. The predicted octanol–water partition coefficient (Wildman–Crippen LogP) is 1.24. The van der Waals surface area contributed by atoms with Crippen LogP contribution in [0.2, 0.25) is 0 Å². The van der Waals surface area contributed by atoms with Crippen molar-refractivity contribution < 1.29 is 5.11 Å². The van der Waals surface area contributed by atoms with E-state index in [-0.39, 0.29) is 6.10 Å². The second-order valence-electron chi connectivity index (χ2n) is 5.60. The van der Waals surface area contributed by atoms with Gasteiger partial charge >= 0.3 is 0 Å². The van der Waals surface area contributed by atoms with Gasteiger partial charge in [-0.25, -0.2) is 0 Å². The fourth-order valence-electron chi connectivity index (χ4n) is 2.44. The van der Waals surface area contributed by atoms with Crippen LogP contribution >= 0.6 is 0 Å². The molecule has 2 fully saturated rings. The maximum atomic E-state index is 9.17. The van der Waals surface area contributed by atoms with Crippen molar-refractivity contribution in [1.82, 2.24) is 9.80 Å². The number of nitrogens with two attached hydrogens (primary N) is 1. The van der Waals surface area contributed by atoms with Crippen molar-refractivity contribution in [3.63, 3.8) is 0 Å². The average Bonchev–Trinajstić information content (AvgIpc) is 2.31. The van der Waals surface area contributed by atoms with Gasteiger partial charge in [0.1, 0.15) is 0 Å². The van der Waals surface area contributed by atoms with Crippen LogP contribution in [0.5, 0.6) is 0 Å². The van der Waals surface area contributed by atoms with Gasteiger partial charge in [-0.2, -0.15) is 0 Å². The Balaban J connectivity index is 0.000000184. The Labute approximate surface area is 112 Å². The molecule has 1 heterocycles. The van der Waals surface area contributed by atoms with Crippen LogP contribution in [-0.2, 0) is 0 Å². The third-order valence-corrected chi connectivity index (χ3v) is 4.08. The van der Waals surface area contributed by atoms with Crippen LogP contribution in [0, 0.1) is 0 Å². The Bertz CT molecular complexity index is 198. The van der Waals surface area contributed by atoms with Gasteiger partial charge < -0.3 is 15.7 Å². The molecule has 18 heavy (non-hydrogen) atoms. The van der Waals surface area contributed by atoms with Crippen LogP contribution < -0.4 is 5.73 Å². The lowest BCUT2D eigenvalue weighted by Gasteiger charge is -2.33. The van der Waals surface area contributed by atoms with Crippen molar-refractivity contribution in [3.05, 3.63) is 0 Å². The minimum atomic E-state index is -0.0203. The standard InChI is InChI=1S/C8H17NO.C6H14N2/c1-2-5-9-6-3-8(10)4-7-9;1-8(5-7)6-3-2-4-6/h8,10H,2-7H2,1H3;6H,2-5,7H2,1H3. The van der Waals surface area contributed by atoms with Gasteiger partial charge in [0.25, 0.3) is 0 Å². The van der Waals surface area contributed by atoms with Gasteiger partial charge in [0.2, 0.25) is 0 Å². The molecule has 0 unspecified atom stereocenters. The van der Waals surface area contributed by atoms with Crippen LogP contribution in [0.3, 0.4) is 0 Å². The summed E-state index contributed by atoms with van der Waals surface area (Å²) < 4.78 is 0. The van der Waals surface area contributed by atoms with Gasteiger partial charge in [-0.15, -0.1) is 0 Å². The van der Waals surface area contributed by atoms with Crippen LogP contribution in [0.4, 0.5) is 0 Å². The summed E-state index contributed by atoms with van der Waals surface area (Å²) in [4.78, 5) is 4.64. The van der Waals surface area contributed by atoms with Crippen molar-refractivity contribution in [2.24, 2.45) is 5.73 Å². The lowest BCUT2D eigenvalue weighted by Crippen LogP contribution is -2.40. The second-order valence-corrected chi connectivity index (χ2v) is 5.60. The van der Waals surface area contributed by atoms with E-state index in [0.29, 0.717) is 6.67 Å². The van der Waals surface area contributed by atoms with Gasteiger partial charge in [0, 0.05) is 25.8 Å². The summed E-state index contributed by atoms with van der Waals surface area (Å²) in [7, 11) is 2.09. The molecular weight excluding hydrogens is 226 g/mol. The van der Waals surface area contributed by atoms with E-state index in [1.165, 1.54) is 32.2 Å². The Kier molecular flexibility index (Phi) is 7.82. The van der Waals surface area contributed by atoms with Crippen molar-refractivity contribution in [2.75, 3.05) is 33.4 Å². The molecule has 108 valence electrons. The fourth-order valence-corrected chi connectivity index (χ4v) is 2.44. The van der Waals surface area contributed by atoms with Gasteiger partial charge in [-0.3, -0.25) is 4.90 Å². The molecule has 2 rings (SSSR count). The molecule has 4 heteroatoms. The number of hydrogen-bond donors (Lipinski definition) is 2. The van der Waals surface area contributed by atoms with Crippen molar-refractivity contribution >= 4 is 0 Å². The van der Waals surface area contributed by atoms with E-state index in [9.17, 15) is 0 Å². The number of rotatable bonds is 4. The summed E-state index contributed by atoms with van der Waals surface area (Å²) in [5.41, 5.74) is 5.41. The monoisotopic (exact) mass is 257 g/mol. The first-order chi connectivity index (χ1) is 8.67. The lowest BCUT2D eigenvalue weighted by molar-refractivity contribution is 0.0827. The van der Waals surface area contributed by atoms with Crippen LogP contribution in [0.25, 0.3) is 0 Å². The van der Waals surface area contributed by atoms with Gasteiger partial charge in [0.15, 0.2) is 0 Å². The molecule has 4 nitrogen and oxygen atoms in total. The maximum Gasteiger partial charge on any atom is 0.0564 e. The smallest absolute Gasteiger partial charge is 0.0564 e. The van der Waals surface area contributed by atoms with Crippen molar-refractivity contribution in [3.8, 4) is 0 Å². The average molecular weight is 257 g/mol. The number of aliphatic hydroxyl groups is 1. The molecule has 2 aliphatic rings. The van der Waals surface area contributed by atoms with Crippen molar-refractivity contribution in [2.45, 2.75) is 57.6 Å². The summed E-state index contributed by atoms with van der Waals surface area (Å²) in [6, 6.07) is 0.806. The van der Waals surface area contributed by atoms with E-state index in [1.807, 2.05) is 0 Å². The van der Waals surface area contributed by atoms with Gasteiger partial charge in [-0.05, 0) is 45.7 Å². The van der Waals surface area contributed by atoms with E-state index in [0.717, 1.165) is 32.0 Å². The highest BCUT2D eigenvalue weighted by Gasteiger charge is 2.20. The van der Waals surface area contributed by atoms with Crippen LogP contribution in [0.15, 0.2) is 0 Å². The molecule has 0 bridgehead atoms. The lowest BCUT2D eigenvalue weighted by atomic mass is 9.92. The maximum absolute atomic E-state index is 9.17. The van der Waals surface area contributed by atoms with Crippen LogP contribution in [-0.4, -0.2) is 60.4 Å². The van der Waals surface area contributed by atoms with E-state index < -0.39 is 0 Å². The van der Waals surface area contributed by atoms with E-state index in [1.54, 1.807) is 0 Å². The second kappa shape index (κ2) is 8.86. The number of likely N-dealkylation sites (tertiary alicyclic amines) is 1. The predicted molar refractivity (Wildman–Crippen MR) is 76.4 cm³/mol. The van der Waals surface area contributed by atoms with E-state index >= 15 is 0 Å². The van der Waals surface area contributed by atoms with Gasteiger partial charge in [-0.1, -0.05) is 13.3 Å². The first-order valence-electron chi connectivity index (χ1n) is 7.48. The first kappa shape index (κ1) is 15.9. The Hall–Kier alpha value is -0.160. The zero-order valence-corrected chi connectivity index (χ0v) is 12.1. The molecule has 0 atom stereocenters. The zero-order chi connectivity index (χ0) is 13.4. The van der Waals surface area contributed by atoms with E-state index in [4.69, 9.17) is 10.8 Å². The third-order valence-electron chi connectivity index (χ3n) is 4.08. The Morgan fingerprint density at radius 1 is 1.22 bits per heavy atom. The quantitative estimate of drug-likeness (QED) is 0.744. The minimum Gasteiger partial charge on any atom is -0.393 e.